The first kappa shape index (κ1) is 18.7. The largest absolute Gasteiger partial charge is 0.378 e. The van der Waals surface area contributed by atoms with E-state index in [0.717, 1.165) is 39.5 Å². The molecular formula is C18H22BrN3O2S. The Labute approximate surface area is 161 Å². The first-order valence-corrected chi connectivity index (χ1v) is 10.1. The molecule has 3 heterocycles. The van der Waals surface area contributed by atoms with Gasteiger partial charge in [0.2, 0.25) is 0 Å². The van der Waals surface area contributed by atoms with E-state index in [1.54, 1.807) is 11.8 Å². The summed E-state index contributed by atoms with van der Waals surface area (Å²) in [5.41, 5.74) is 2.54. The average Bonchev–Trinajstić information content (AvgIpc) is 2.58. The SMILES string of the molecule is C=C(Br)CSc1nc(N2CCOCC2)c2c(c1C#N)CC(C)(C)OC2. The molecule has 3 rings (SSSR count). The zero-order chi connectivity index (χ0) is 18.0. The Balaban J connectivity index is 2.09. The topological polar surface area (TPSA) is 58.4 Å². The van der Waals surface area contributed by atoms with Crippen LogP contribution in [0.2, 0.25) is 0 Å². The average molecular weight is 424 g/mol. The number of nitrogens with zero attached hydrogens (tertiary/aromatic N) is 3. The number of hydrogen-bond acceptors (Lipinski definition) is 6. The van der Waals surface area contributed by atoms with E-state index in [-0.39, 0.29) is 5.60 Å². The van der Waals surface area contributed by atoms with Gasteiger partial charge in [-0.3, -0.25) is 0 Å². The Morgan fingerprint density at radius 1 is 1.40 bits per heavy atom. The Bertz CT molecular complexity index is 724. The fourth-order valence-electron chi connectivity index (χ4n) is 3.13. The Morgan fingerprint density at radius 3 is 2.76 bits per heavy atom. The van der Waals surface area contributed by atoms with Gasteiger partial charge in [0.15, 0.2) is 0 Å². The van der Waals surface area contributed by atoms with Gasteiger partial charge in [-0.1, -0.05) is 34.3 Å². The lowest BCUT2D eigenvalue weighted by molar-refractivity contribution is -0.0402. The number of rotatable bonds is 4. The molecule has 1 fully saturated rings. The molecule has 2 aliphatic heterocycles. The summed E-state index contributed by atoms with van der Waals surface area (Å²) < 4.78 is 12.4. The highest BCUT2D eigenvalue weighted by Crippen LogP contribution is 2.39. The molecule has 0 aromatic carbocycles. The highest BCUT2D eigenvalue weighted by Gasteiger charge is 2.33. The van der Waals surface area contributed by atoms with E-state index < -0.39 is 0 Å². The molecule has 0 bridgehead atoms. The van der Waals surface area contributed by atoms with E-state index in [1.165, 1.54) is 0 Å². The summed E-state index contributed by atoms with van der Waals surface area (Å²) in [7, 11) is 0. The highest BCUT2D eigenvalue weighted by molar-refractivity contribution is 9.11. The van der Waals surface area contributed by atoms with Crippen LogP contribution in [0.4, 0.5) is 5.82 Å². The Hall–Kier alpha value is -1.07. The third-order valence-corrected chi connectivity index (χ3v) is 6.07. The molecule has 7 heteroatoms. The first-order chi connectivity index (χ1) is 11.9. The summed E-state index contributed by atoms with van der Waals surface area (Å²) in [5, 5.41) is 10.6. The van der Waals surface area contributed by atoms with Crippen LogP contribution in [0.3, 0.4) is 0 Å². The maximum atomic E-state index is 9.80. The number of fused-ring (bicyclic) bond motifs is 1. The van der Waals surface area contributed by atoms with Gasteiger partial charge in [0.1, 0.15) is 16.9 Å². The smallest absolute Gasteiger partial charge is 0.135 e. The summed E-state index contributed by atoms with van der Waals surface area (Å²) in [6, 6.07) is 2.39. The monoisotopic (exact) mass is 423 g/mol. The van der Waals surface area contributed by atoms with Crippen molar-refractivity contribution in [2.75, 3.05) is 37.0 Å². The number of ether oxygens (including phenoxy) is 2. The molecule has 25 heavy (non-hydrogen) atoms. The van der Waals surface area contributed by atoms with E-state index in [0.29, 0.717) is 37.6 Å². The summed E-state index contributed by atoms with van der Waals surface area (Å²) in [6.07, 6.45) is 0.716. The number of halogens is 1. The van der Waals surface area contributed by atoms with Crippen LogP contribution in [0.25, 0.3) is 0 Å². The van der Waals surface area contributed by atoms with E-state index in [9.17, 15) is 5.26 Å². The minimum Gasteiger partial charge on any atom is -0.378 e. The maximum Gasteiger partial charge on any atom is 0.135 e. The van der Waals surface area contributed by atoms with Gasteiger partial charge in [-0.25, -0.2) is 4.98 Å². The normalized spacial score (nSPS) is 19.2. The van der Waals surface area contributed by atoms with Gasteiger partial charge in [0.05, 0.1) is 31.0 Å². The van der Waals surface area contributed by atoms with E-state index in [1.807, 2.05) is 0 Å². The van der Waals surface area contributed by atoms with Gasteiger partial charge in [0, 0.05) is 30.8 Å². The summed E-state index contributed by atoms with van der Waals surface area (Å²) in [4.78, 5) is 7.12. The maximum absolute atomic E-state index is 9.80. The van der Waals surface area contributed by atoms with Crippen molar-refractivity contribution in [1.82, 2.24) is 4.98 Å². The number of hydrogen-bond donors (Lipinski definition) is 0. The van der Waals surface area contributed by atoms with Crippen molar-refractivity contribution in [2.45, 2.75) is 37.5 Å². The van der Waals surface area contributed by atoms with Crippen LogP contribution >= 0.6 is 27.7 Å². The molecular weight excluding hydrogens is 402 g/mol. The van der Waals surface area contributed by atoms with Crippen molar-refractivity contribution in [3.8, 4) is 6.07 Å². The van der Waals surface area contributed by atoms with E-state index >= 15 is 0 Å². The van der Waals surface area contributed by atoms with Gasteiger partial charge in [-0.2, -0.15) is 5.26 Å². The Kier molecular flexibility index (Phi) is 5.74. The summed E-state index contributed by atoms with van der Waals surface area (Å²) in [5.74, 6) is 1.62. The van der Waals surface area contributed by atoms with Crippen molar-refractivity contribution in [3.05, 3.63) is 27.8 Å². The van der Waals surface area contributed by atoms with Crippen molar-refractivity contribution in [1.29, 1.82) is 5.26 Å². The van der Waals surface area contributed by atoms with Crippen LogP contribution in [0.1, 0.15) is 30.5 Å². The van der Waals surface area contributed by atoms with Crippen LogP contribution in [-0.4, -0.2) is 42.6 Å². The summed E-state index contributed by atoms with van der Waals surface area (Å²) >= 11 is 4.95. The Morgan fingerprint density at radius 2 is 2.12 bits per heavy atom. The molecule has 1 saturated heterocycles. The van der Waals surface area contributed by atoms with Gasteiger partial charge < -0.3 is 14.4 Å². The number of pyridine rings is 1. The minimum atomic E-state index is -0.275. The van der Waals surface area contributed by atoms with Gasteiger partial charge in [-0.15, -0.1) is 0 Å². The third-order valence-electron chi connectivity index (χ3n) is 4.35. The molecule has 2 aliphatic rings. The van der Waals surface area contributed by atoms with E-state index in [2.05, 4.69) is 47.3 Å². The highest BCUT2D eigenvalue weighted by atomic mass is 79.9. The lowest BCUT2D eigenvalue weighted by Crippen LogP contribution is -2.39. The molecule has 5 nitrogen and oxygen atoms in total. The lowest BCUT2D eigenvalue weighted by atomic mass is 9.89. The van der Waals surface area contributed by atoms with Gasteiger partial charge in [-0.05, 0) is 23.9 Å². The summed E-state index contributed by atoms with van der Waals surface area (Å²) in [6.45, 7) is 11.5. The molecule has 0 unspecified atom stereocenters. The fraction of sp³-hybridized carbons (Fsp3) is 0.556. The number of nitriles is 1. The zero-order valence-electron chi connectivity index (χ0n) is 14.6. The molecule has 0 N–H and O–H groups in total. The van der Waals surface area contributed by atoms with Crippen molar-refractivity contribution < 1.29 is 9.47 Å². The van der Waals surface area contributed by atoms with Crippen LogP contribution in [0, 0.1) is 11.3 Å². The van der Waals surface area contributed by atoms with Crippen LogP contribution in [0.5, 0.6) is 0 Å². The van der Waals surface area contributed by atoms with Crippen LogP contribution < -0.4 is 4.90 Å². The second-order valence-electron chi connectivity index (χ2n) is 6.81. The first-order valence-electron chi connectivity index (χ1n) is 8.30. The van der Waals surface area contributed by atoms with Gasteiger partial charge >= 0.3 is 0 Å². The number of morpholine rings is 1. The molecule has 0 atom stereocenters. The van der Waals surface area contributed by atoms with Crippen LogP contribution in [-0.2, 0) is 22.5 Å². The second-order valence-corrected chi connectivity index (χ2v) is 8.90. The van der Waals surface area contributed by atoms with Crippen molar-refractivity contribution >= 4 is 33.5 Å². The third kappa shape index (κ3) is 4.20. The molecule has 0 aliphatic carbocycles. The molecule has 134 valence electrons. The molecule has 0 spiro atoms. The second kappa shape index (κ2) is 7.67. The van der Waals surface area contributed by atoms with Crippen molar-refractivity contribution in [2.24, 2.45) is 0 Å². The zero-order valence-corrected chi connectivity index (χ0v) is 17.0. The fourth-order valence-corrected chi connectivity index (χ4v) is 4.23. The number of aromatic nitrogens is 1. The predicted octanol–water partition coefficient (Wildman–Crippen LogP) is 3.64. The molecule has 0 saturated carbocycles. The van der Waals surface area contributed by atoms with Crippen LogP contribution in [0.15, 0.2) is 16.1 Å². The number of anilines is 1. The number of thioether (sulfide) groups is 1. The quantitative estimate of drug-likeness (QED) is 0.688. The van der Waals surface area contributed by atoms with Gasteiger partial charge in [0.25, 0.3) is 0 Å². The van der Waals surface area contributed by atoms with Crippen molar-refractivity contribution in [3.63, 3.8) is 0 Å². The standard InChI is InChI=1S/C18H22BrN3O2S/c1-12(19)11-25-17-14(9-20)13-8-18(2,3)24-10-15(13)16(21-17)22-4-6-23-7-5-22/h1,4-8,10-11H2,2-3H3. The molecule has 0 radical (unpaired) electrons. The lowest BCUT2D eigenvalue weighted by Gasteiger charge is -2.36. The minimum absolute atomic E-state index is 0.275. The predicted molar refractivity (Wildman–Crippen MR) is 103 cm³/mol. The van der Waals surface area contributed by atoms with E-state index in [4.69, 9.17) is 14.5 Å². The molecule has 0 amide bonds. The molecule has 1 aromatic rings. The molecule has 1 aromatic heterocycles.